The Hall–Kier alpha value is -1.77. The van der Waals surface area contributed by atoms with Crippen LogP contribution < -0.4 is 4.72 Å². The zero-order valence-electron chi connectivity index (χ0n) is 10.2. The molecule has 2 rings (SSSR count). The minimum Gasteiger partial charge on any atom is -0.462 e. The lowest BCUT2D eigenvalue weighted by Crippen LogP contribution is -2.23. The molecule has 0 radical (unpaired) electrons. The van der Waals surface area contributed by atoms with Crippen molar-refractivity contribution in [2.24, 2.45) is 0 Å². The average molecular weight is 283 g/mol. The third-order valence-corrected chi connectivity index (χ3v) is 3.96. The van der Waals surface area contributed by atoms with Crippen LogP contribution in [0.3, 0.4) is 0 Å². The maximum Gasteiger partial charge on any atom is 0.244 e. The molecule has 0 atom stereocenters. The summed E-state index contributed by atoms with van der Waals surface area (Å²) in [5, 5.41) is 8.92. The number of nitrogens with one attached hydrogen (secondary N) is 1. The molecule has 8 heteroatoms. The predicted molar refractivity (Wildman–Crippen MR) is 65.4 cm³/mol. The van der Waals surface area contributed by atoms with Crippen molar-refractivity contribution in [3.63, 3.8) is 0 Å². The van der Waals surface area contributed by atoms with Gasteiger partial charge in [-0.15, -0.1) is 0 Å². The van der Waals surface area contributed by atoms with Crippen LogP contribution in [0.1, 0.15) is 17.2 Å². The molecule has 7 nitrogen and oxygen atoms in total. The molecule has 0 saturated carbocycles. The molecule has 102 valence electrons. The lowest BCUT2D eigenvalue weighted by atomic mass is 10.4. The third kappa shape index (κ3) is 3.16. The summed E-state index contributed by atoms with van der Waals surface area (Å²) in [5.41, 5.74) is 0.558. The highest BCUT2D eigenvalue weighted by molar-refractivity contribution is 7.89. The fourth-order valence-corrected chi connectivity index (χ4v) is 2.74. The van der Waals surface area contributed by atoms with Crippen molar-refractivity contribution in [2.45, 2.75) is 25.0 Å². The number of nitrogens with zero attached hydrogens (tertiary/aromatic N) is 2. The van der Waals surface area contributed by atoms with Crippen molar-refractivity contribution >= 4 is 10.0 Å². The van der Waals surface area contributed by atoms with Gasteiger partial charge >= 0.3 is 0 Å². The van der Waals surface area contributed by atoms with Gasteiger partial charge in [-0.05, 0) is 13.0 Å². The maximum atomic E-state index is 12.1. The van der Waals surface area contributed by atoms with E-state index in [9.17, 15) is 8.42 Å². The molecule has 0 saturated heterocycles. The molecule has 0 aliphatic heterocycles. The topological polar surface area (TPSA) is 105 Å². The number of aryl methyl sites for hydroxylation is 1. The summed E-state index contributed by atoms with van der Waals surface area (Å²) in [6.07, 6.45) is 2.88. The van der Waals surface area contributed by atoms with Crippen LogP contribution in [0.4, 0.5) is 0 Å². The van der Waals surface area contributed by atoms with Crippen molar-refractivity contribution in [3.8, 4) is 0 Å². The predicted octanol–water partition coefficient (Wildman–Crippen LogP) is 0.349. The van der Waals surface area contributed by atoms with Crippen LogP contribution in [0.2, 0.25) is 0 Å². The second-order valence-electron chi connectivity index (χ2n) is 3.82. The molecule has 19 heavy (non-hydrogen) atoms. The molecule has 0 aliphatic rings. The third-order valence-electron chi connectivity index (χ3n) is 2.46. The van der Waals surface area contributed by atoms with Crippen molar-refractivity contribution in [1.29, 1.82) is 0 Å². The van der Waals surface area contributed by atoms with E-state index in [4.69, 9.17) is 9.52 Å². The minimum absolute atomic E-state index is 0.0191. The van der Waals surface area contributed by atoms with Crippen LogP contribution in [0, 0.1) is 6.92 Å². The molecule has 0 amide bonds. The van der Waals surface area contributed by atoms with Gasteiger partial charge in [0.2, 0.25) is 10.0 Å². The molecule has 2 N–H and O–H groups in total. The summed E-state index contributed by atoms with van der Waals surface area (Å²) in [4.78, 5) is 7.68. The fraction of sp³-hybridized carbons (Fsp3) is 0.273. The van der Waals surface area contributed by atoms with Crippen LogP contribution in [0.25, 0.3) is 0 Å². The van der Waals surface area contributed by atoms with Gasteiger partial charge < -0.3 is 9.52 Å². The molecule has 2 aromatic rings. The molecule has 0 aromatic carbocycles. The molecule has 0 bridgehead atoms. The first-order chi connectivity index (χ1) is 9.03. The summed E-state index contributed by atoms with van der Waals surface area (Å²) in [7, 11) is -3.69. The zero-order valence-corrected chi connectivity index (χ0v) is 11.0. The Bertz CT molecular complexity index is 652. The molecule has 0 unspecified atom stereocenters. The van der Waals surface area contributed by atoms with E-state index in [1.807, 2.05) is 0 Å². The monoisotopic (exact) mass is 283 g/mol. The summed E-state index contributed by atoms with van der Waals surface area (Å²) in [6.45, 7) is 1.24. The SMILES string of the molecule is Cc1oc(CO)cc1S(=O)(=O)NCc1ccncn1. The van der Waals surface area contributed by atoms with Crippen molar-refractivity contribution in [3.05, 3.63) is 41.9 Å². The van der Waals surface area contributed by atoms with E-state index in [1.54, 1.807) is 6.07 Å². The summed E-state index contributed by atoms with van der Waals surface area (Å²) < 4.78 is 31.6. The van der Waals surface area contributed by atoms with Gasteiger partial charge in [-0.1, -0.05) is 0 Å². The van der Waals surface area contributed by atoms with Gasteiger partial charge in [0.15, 0.2) is 0 Å². The van der Waals surface area contributed by atoms with E-state index in [-0.39, 0.29) is 29.6 Å². The number of aliphatic hydroxyl groups is 1. The summed E-state index contributed by atoms with van der Waals surface area (Å²) in [5.74, 6) is 0.444. The average Bonchev–Trinajstić information content (AvgIpc) is 2.80. The van der Waals surface area contributed by atoms with Crippen LogP contribution in [0.15, 0.2) is 34.0 Å². The van der Waals surface area contributed by atoms with Crippen LogP contribution in [0.5, 0.6) is 0 Å². The van der Waals surface area contributed by atoms with Crippen molar-refractivity contribution in [1.82, 2.24) is 14.7 Å². The first-order valence-electron chi connectivity index (χ1n) is 5.47. The van der Waals surface area contributed by atoms with Gasteiger partial charge in [0, 0.05) is 12.3 Å². The van der Waals surface area contributed by atoms with Gasteiger partial charge in [0.25, 0.3) is 0 Å². The Kier molecular flexibility index (Phi) is 3.93. The highest BCUT2D eigenvalue weighted by Gasteiger charge is 2.21. The fourth-order valence-electron chi connectivity index (χ4n) is 1.54. The quantitative estimate of drug-likeness (QED) is 0.820. The number of hydrogen-bond donors (Lipinski definition) is 2. The summed E-state index contributed by atoms with van der Waals surface area (Å²) >= 11 is 0. The Morgan fingerprint density at radius 2 is 2.26 bits per heavy atom. The number of hydrogen-bond acceptors (Lipinski definition) is 6. The number of rotatable bonds is 5. The molecule has 2 heterocycles. The zero-order chi connectivity index (χ0) is 13.9. The van der Waals surface area contributed by atoms with Crippen LogP contribution in [-0.2, 0) is 23.2 Å². The van der Waals surface area contributed by atoms with Gasteiger partial charge in [0.05, 0.1) is 12.2 Å². The Labute approximate surface area is 110 Å². The van der Waals surface area contributed by atoms with Gasteiger partial charge in [-0.25, -0.2) is 23.1 Å². The molecule has 0 aliphatic carbocycles. The Morgan fingerprint density at radius 3 is 2.84 bits per heavy atom. The van der Waals surface area contributed by atoms with E-state index in [0.717, 1.165) is 0 Å². The lowest BCUT2D eigenvalue weighted by Gasteiger charge is -2.04. The number of furan rings is 1. The minimum atomic E-state index is -3.69. The molecule has 0 spiro atoms. The first-order valence-corrected chi connectivity index (χ1v) is 6.96. The molecule has 2 aromatic heterocycles. The van der Waals surface area contributed by atoms with Crippen LogP contribution >= 0.6 is 0 Å². The normalized spacial score (nSPS) is 11.7. The largest absolute Gasteiger partial charge is 0.462 e. The second kappa shape index (κ2) is 5.47. The maximum absolute atomic E-state index is 12.1. The summed E-state index contributed by atoms with van der Waals surface area (Å²) in [6, 6.07) is 2.92. The van der Waals surface area contributed by atoms with Gasteiger partial charge in [0.1, 0.15) is 29.4 Å². The van der Waals surface area contributed by atoms with E-state index in [2.05, 4.69) is 14.7 Å². The van der Waals surface area contributed by atoms with Crippen LogP contribution in [-0.4, -0.2) is 23.5 Å². The standard InChI is InChI=1S/C11H13N3O4S/c1-8-11(4-10(6-15)18-8)19(16,17)14-5-9-2-3-12-7-13-9/h2-4,7,14-15H,5-6H2,1H3. The molecular weight excluding hydrogens is 270 g/mol. The Morgan fingerprint density at radius 1 is 1.47 bits per heavy atom. The van der Waals surface area contributed by atoms with Gasteiger partial charge in [-0.2, -0.15) is 0 Å². The Balaban J connectivity index is 2.16. The number of aromatic nitrogens is 2. The lowest BCUT2D eigenvalue weighted by molar-refractivity contribution is 0.244. The molecular formula is C11H13N3O4S. The van der Waals surface area contributed by atoms with Gasteiger partial charge in [-0.3, -0.25) is 0 Å². The number of aliphatic hydroxyl groups excluding tert-OH is 1. The van der Waals surface area contributed by atoms with E-state index in [1.165, 1.54) is 25.5 Å². The first kappa shape index (κ1) is 13.7. The smallest absolute Gasteiger partial charge is 0.244 e. The highest BCUT2D eigenvalue weighted by atomic mass is 32.2. The van der Waals surface area contributed by atoms with E-state index < -0.39 is 10.0 Å². The number of sulfonamides is 1. The highest BCUT2D eigenvalue weighted by Crippen LogP contribution is 2.19. The second-order valence-corrected chi connectivity index (χ2v) is 5.55. The van der Waals surface area contributed by atoms with Crippen molar-refractivity contribution in [2.75, 3.05) is 0 Å². The van der Waals surface area contributed by atoms with E-state index in [0.29, 0.717) is 5.69 Å². The van der Waals surface area contributed by atoms with Crippen molar-refractivity contribution < 1.29 is 17.9 Å². The van der Waals surface area contributed by atoms with E-state index >= 15 is 0 Å². The molecule has 0 fully saturated rings.